The van der Waals surface area contributed by atoms with Crippen LogP contribution in [-0.4, -0.2) is 23.4 Å². The molecule has 4 rings (SSSR count). The summed E-state index contributed by atoms with van der Waals surface area (Å²) in [5.74, 6) is -0.764. The summed E-state index contributed by atoms with van der Waals surface area (Å²) in [6, 6.07) is 12.7. The minimum atomic E-state index is -1.05. The summed E-state index contributed by atoms with van der Waals surface area (Å²) in [5.41, 5.74) is 1.20. The van der Waals surface area contributed by atoms with Gasteiger partial charge in [0.15, 0.2) is 0 Å². The largest absolute Gasteiger partial charge is 0.507 e. The van der Waals surface area contributed by atoms with Crippen molar-refractivity contribution in [3.63, 3.8) is 0 Å². The standard InChI is InChI=1S/C27H26FNO5/c1-15(2)14-33-21-11-9-18(12-16(21)3)25(30)23-24(22-10-8-17(4)34-22)29(27(32)26(23)31)20-7-5-6-19(28)13-20/h5-13,15,24,30H,14H2,1-4H3/b25-23-. The minimum Gasteiger partial charge on any atom is -0.507 e. The van der Waals surface area contributed by atoms with E-state index < -0.39 is 23.5 Å². The van der Waals surface area contributed by atoms with E-state index in [9.17, 15) is 19.1 Å². The fourth-order valence-electron chi connectivity index (χ4n) is 3.96. The number of nitrogens with zero attached hydrogens (tertiary/aromatic N) is 1. The van der Waals surface area contributed by atoms with Crippen LogP contribution in [0, 0.1) is 25.6 Å². The molecule has 2 aromatic carbocycles. The summed E-state index contributed by atoms with van der Waals surface area (Å²) >= 11 is 0. The maximum atomic E-state index is 14.0. The lowest BCUT2D eigenvalue weighted by atomic mass is 9.98. The smallest absolute Gasteiger partial charge is 0.300 e. The van der Waals surface area contributed by atoms with E-state index in [4.69, 9.17) is 9.15 Å². The number of aliphatic hydroxyl groups excluding tert-OH is 1. The first-order valence-corrected chi connectivity index (χ1v) is 11.0. The number of hydrogen-bond donors (Lipinski definition) is 1. The van der Waals surface area contributed by atoms with Crippen LogP contribution in [0.1, 0.15) is 42.5 Å². The van der Waals surface area contributed by atoms with Crippen LogP contribution in [0.15, 0.2) is 64.6 Å². The maximum Gasteiger partial charge on any atom is 0.300 e. The van der Waals surface area contributed by atoms with E-state index in [2.05, 4.69) is 0 Å². The van der Waals surface area contributed by atoms with Gasteiger partial charge in [0.2, 0.25) is 0 Å². The molecule has 1 fully saturated rings. The lowest BCUT2D eigenvalue weighted by Gasteiger charge is -2.23. The number of hydrogen-bond acceptors (Lipinski definition) is 5. The number of carbonyl (C=O) groups excluding carboxylic acids is 2. The molecule has 1 aromatic heterocycles. The molecule has 6 nitrogen and oxygen atoms in total. The average molecular weight is 464 g/mol. The SMILES string of the molecule is Cc1ccc(C2/C(=C(/O)c3ccc(OCC(C)C)c(C)c3)C(=O)C(=O)N2c2cccc(F)c2)o1. The second kappa shape index (κ2) is 9.17. The molecular formula is C27H26FNO5. The van der Waals surface area contributed by atoms with Crippen molar-refractivity contribution in [1.29, 1.82) is 0 Å². The van der Waals surface area contributed by atoms with Crippen LogP contribution in [0.3, 0.4) is 0 Å². The van der Waals surface area contributed by atoms with E-state index in [1.165, 1.54) is 24.3 Å². The highest BCUT2D eigenvalue weighted by Gasteiger charge is 2.48. The van der Waals surface area contributed by atoms with Gasteiger partial charge in [0, 0.05) is 11.3 Å². The Morgan fingerprint density at radius 3 is 2.50 bits per heavy atom. The third kappa shape index (κ3) is 4.33. The lowest BCUT2D eigenvalue weighted by molar-refractivity contribution is -0.132. The lowest BCUT2D eigenvalue weighted by Crippen LogP contribution is -2.29. The van der Waals surface area contributed by atoms with Crippen molar-refractivity contribution < 1.29 is 28.2 Å². The van der Waals surface area contributed by atoms with Gasteiger partial charge in [-0.2, -0.15) is 0 Å². The summed E-state index contributed by atoms with van der Waals surface area (Å²) in [5, 5.41) is 11.2. The van der Waals surface area contributed by atoms with Gasteiger partial charge in [-0.25, -0.2) is 4.39 Å². The van der Waals surface area contributed by atoms with Crippen molar-refractivity contribution in [3.8, 4) is 5.75 Å². The molecule has 0 saturated carbocycles. The highest BCUT2D eigenvalue weighted by atomic mass is 19.1. The molecule has 2 heterocycles. The minimum absolute atomic E-state index is 0.126. The molecule has 3 aromatic rings. The fraction of sp³-hybridized carbons (Fsp3) is 0.259. The highest BCUT2D eigenvalue weighted by molar-refractivity contribution is 6.51. The number of anilines is 1. The topological polar surface area (TPSA) is 80.0 Å². The van der Waals surface area contributed by atoms with Crippen molar-refractivity contribution in [2.75, 3.05) is 11.5 Å². The number of aryl methyl sites for hydroxylation is 2. The molecule has 1 saturated heterocycles. The van der Waals surface area contributed by atoms with Crippen LogP contribution in [-0.2, 0) is 9.59 Å². The number of rotatable bonds is 6. The molecule has 1 aliphatic heterocycles. The van der Waals surface area contributed by atoms with Gasteiger partial charge < -0.3 is 14.3 Å². The van der Waals surface area contributed by atoms with Crippen molar-refractivity contribution in [1.82, 2.24) is 0 Å². The molecule has 1 aliphatic rings. The van der Waals surface area contributed by atoms with Gasteiger partial charge in [0.05, 0.1) is 12.2 Å². The van der Waals surface area contributed by atoms with Gasteiger partial charge in [-0.05, 0) is 73.9 Å². The van der Waals surface area contributed by atoms with Gasteiger partial charge in [0.1, 0.15) is 34.9 Å². The Bertz CT molecular complexity index is 1290. The van der Waals surface area contributed by atoms with Gasteiger partial charge in [-0.1, -0.05) is 19.9 Å². The molecule has 1 atom stereocenters. The number of ketones is 1. The quantitative estimate of drug-likeness (QED) is 0.288. The number of aliphatic hydroxyl groups is 1. The zero-order valence-corrected chi connectivity index (χ0v) is 19.5. The third-order valence-electron chi connectivity index (χ3n) is 5.58. The highest BCUT2D eigenvalue weighted by Crippen LogP contribution is 2.43. The maximum absolute atomic E-state index is 14.0. The van der Waals surface area contributed by atoms with Crippen LogP contribution in [0.25, 0.3) is 5.76 Å². The van der Waals surface area contributed by atoms with Crippen molar-refractivity contribution in [2.24, 2.45) is 5.92 Å². The molecule has 0 spiro atoms. The van der Waals surface area contributed by atoms with E-state index in [0.29, 0.717) is 29.6 Å². The molecule has 0 bridgehead atoms. The second-order valence-corrected chi connectivity index (χ2v) is 8.78. The fourth-order valence-corrected chi connectivity index (χ4v) is 3.96. The summed E-state index contributed by atoms with van der Waals surface area (Å²) in [4.78, 5) is 27.4. The Morgan fingerprint density at radius 2 is 1.88 bits per heavy atom. The molecule has 0 aliphatic carbocycles. The zero-order valence-electron chi connectivity index (χ0n) is 19.5. The second-order valence-electron chi connectivity index (χ2n) is 8.78. The molecule has 0 radical (unpaired) electrons. The van der Waals surface area contributed by atoms with Crippen LogP contribution in [0.2, 0.25) is 0 Å². The van der Waals surface area contributed by atoms with E-state index in [1.54, 1.807) is 37.3 Å². The van der Waals surface area contributed by atoms with Crippen LogP contribution in [0.5, 0.6) is 5.75 Å². The van der Waals surface area contributed by atoms with Gasteiger partial charge in [-0.3, -0.25) is 14.5 Å². The molecule has 1 unspecified atom stereocenters. The number of carbonyl (C=O) groups is 2. The predicted octanol–water partition coefficient (Wildman–Crippen LogP) is 5.70. The summed E-state index contributed by atoms with van der Waals surface area (Å²) in [6.07, 6.45) is 0. The molecule has 7 heteroatoms. The van der Waals surface area contributed by atoms with E-state index in [-0.39, 0.29) is 22.8 Å². The predicted molar refractivity (Wildman–Crippen MR) is 126 cm³/mol. The Hall–Kier alpha value is -3.87. The Labute approximate surface area is 197 Å². The number of amides is 1. The van der Waals surface area contributed by atoms with Gasteiger partial charge in [0.25, 0.3) is 11.7 Å². The number of benzene rings is 2. The normalized spacial score (nSPS) is 17.6. The van der Waals surface area contributed by atoms with Crippen LogP contribution in [0.4, 0.5) is 10.1 Å². The summed E-state index contributed by atoms with van der Waals surface area (Å²) in [6.45, 7) is 8.21. The molecule has 1 amide bonds. The van der Waals surface area contributed by atoms with E-state index in [1.807, 2.05) is 20.8 Å². The Morgan fingerprint density at radius 1 is 1.12 bits per heavy atom. The third-order valence-corrected chi connectivity index (χ3v) is 5.58. The van der Waals surface area contributed by atoms with E-state index in [0.717, 1.165) is 10.5 Å². The summed E-state index contributed by atoms with van der Waals surface area (Å²) in [7, 11) is 0. The number of furan rings is 1. The zero-order chi connectivity index (χ0) is 24.6. The van der Waals surface area contributed by atoms with Gasteiger partial charge >= 0.3 is 0 Å². The molecule has 34 heavy (non-hydrogen) atoms. The monoisotopic (exact) mass is 463 g/mol. The Balaban J connectivity index is 1.83. The van der Waals surface area contributed by atoms with E-state index >= 15 is 0 Å². The average Bonchev–Trinajstić information content (AvgIpc) is 3.33. The number of Topliss-reactive ketones (excluding diaryl/α,β-unsaturated/α-hetero) is 1. The number of ether oxygens (including phenoxy) is 1. The molecular weight excluding hydrogens is 437 g/mol. The van der Waals surface area contributed by atoms with Gasteiger partial charge in [-0.15, -0.1) is 0 Å². The summed E-state index contributed by atoms with van der Waals surface area (Å²) < 4.78 is 25.5. The van der Waals surface area contributed by atoms with Crippen molar-refractivity contribution in [3.05, 3.63) is 88.6 Å². The first-order chi connectivity index (χ1) is 16.2. The molecule has 1 N–H and O–H groups in total. The molecule has 176 valence electrons. The van der Waals surface area contributed by atoms with Crippen molar-refractivity contribution >= 4 is 23.1 Å². The van der Waals surface area contributed by atoms with Crippen LogP contribution < -0.4 is 9.64 Å². The Kier molecular flexibility index (Phi) is 6.28. The van der Waals surface area contributed by atoms with Crippen molar-refractivity contribution in [2.45, 2.75) is 33.7 Å². The van der Waals surface area contributed by atoms with Crippen LogP contribution >= 0.6 is 0 Å². The first kappa shape index (κ1) is 23.3. The first-order valence-electron chi connectivity index (χ1n) is 11.0. The number of halogens is 1.